The van der Waals surface area contributed by atoms with Crippen molar-refractivity contribution >= 4 is 23.7 Å². The zero-order valence-corrected chi connectivity index (χ0v) is 14.0. The van der Waals surface area contributed by atoms with Crippen LogP contribution in [0.1, 0.15) is 56.8 Å². The molecule has 0 saturated carbocycles. The third-order valence-electron chi connectivity index (χ3n) is 5.00. The van der Waals surface area contributed by atoms with Crippen LogP contribution in [0.5, 0.6) is 0 Å². The fourth-order valence-electron chi connectivity index (χ4n) is 3.43. The lowest BCUT2D eigenvalue weighted by atomic mass is 9.92. The Kier molecular flexibility index (Phi) is 4.57. The molecule has 7 heteroatoms. The first-order valence-corrected chi connectivity index (χ1v) is 8.36. The van der Waals surface area contributed by atoms with Crippen LogP contribution < -0.4 is 0 Å². The second-order valence-electron chi connectivity index (χ2n) is 6.60. The van der Waals surface area contributed by atoms with Crippen molar-refractivity contribution in [3.63, 3.8) is 0 Å². The third-order valence-corrected chi connectivity index (χ3v) is 5.00. The van der Waals surface area contributed by atoms with Gasteiger partial charge in [-0.2, -0.15) is 0 Å². The Bertz CT molecular complexity index is 750. The molecule has 0 unspecified atom stereocenters. The fraction of sp³-hybridized carbons (Fsp3) is 0.444. The average molecular weight is 344 g/mol. The normalized spacial score (nSPS) is 17.8. The summed E-state index contributed by atoms with van der Waals surface area (Å²) in [5.41, 5.74) is 1.00. The summed E-state index contributed by atoms with van der Waals surface area (Å²) in [5, 5.41) is 8.75. The molecule has 0 radical (unpaired) electrons. The number of fused-ring (bicyclic) bond motifs is 1. The molecule has 7 nitrogen and oxygen atoms in total. The predicted molar refractivity (Wildman–Crippen MR) is 88.4 cm³/mol. The van der Waals surface area contributed by atoms with Crippen LogP contribution in [0.25, 0.3) is 0 Å². The highest BCUT2D eigenvalue weighted by atomic mass is 16.4. The number of carboxylic acids is 1. The topological polar surface area (TPSA) is 95.0 Å². The molecule has 1 fully saturated rings. The first-order valence-electron chi connectivity index (χ1n) is 8.36. The number of carbonyl (C=O) groups is 4. The molecule has 0 aromatic heterocycles. The molecule has 2 heterocycles. The summed E-state index contributed by atoms with van der Waals surface area (Å²) >= 11 is 0. The molecule has 3 amide bonds. The molecule has 2 aliphatic rings. The van der Waals surface area contributed by atoms with E-state index in [2.05, 4.69) is 0 Å². The first-order chi connectivity index (χ1) is 11.9. The lowest BCUT2D eigenvalue weighted by Gasteiger charge is -2.32. The van der Waals surface area contributed by atoms with E-state index in [9.17, 15) is 19.2 Å². The minimum atomic E-state index is -0.791. The Morgan fingerprint density at radius 3 is 2.40 bits per heavy atom. The number of hydrogen-bond donors (Lipinski definition) is 1. The van der Waals surface area contributed by atoms with Crippen molar-refractivity contribution in [2.45, 2.75) is 25.7 Å². The summed E-state index contributed by atoms with van der Waals surface area (Å²) < 4.78 is 0. The van der Waals surface area contributed by atoms with Gasteiger partial charge in [0.1, 0.15) is 0 Å². The van der Waals surface area contributed by atoms with E-state index in [-0.39, 0.29) is 29.7 Å². The summed E-state index contributed by atoms with van der Waals surface area (Å²) in [4.78, 5) is 50.0. The maximum Gasteiger partial charge on any atom is 0.303 e. The number of likely N-dealkylation sites (tertiary alicyclic amines) is 1. The van der Waals surface area contributed by atoms with Gasteiger partial charge in [0.25, 0.3) is 17.7 Å². The molecular formula is C18H20N2O5. The second-order valence-corrected chi connectivity index (χ2v) is 6.60. The van der Waals surface area contributed by atoms with Gasteiger partial charge in [0.2, 0.25) is 0 Å². The highest BCUT2D eigenvalue weighted by Gasteiger charge is 2.34. The number of aliphatic carboxylic acids is 1. The number of carbonyl (C=O) groups excluding carboxylic acids is 3. The van der Waals surface area contributed by atoms with Crippen molar-refractivity contribution in [1.82, 2.24) is 9.80 Å². The van der Waals surface area contributed by atoms with Crippen LogP contribution in [0.2, 0.25) is 0 Å². The average Bonchev–Trinajstić information content (AvgIpc) is 2.84. The van der Waals surface area contributed by atoms with Crippen molar-refractivity contribution in [3.8, 4) is 0 Å². The summed E-state index contributed by atoms with van der Waals surface area (Å²) in [5.74, 6) is -1.36. The number of nitrogens with zero attached hydrogens (tertiary/aromatic N) is 2. The van der Waals surface area contributed by atoms with Gasteiger partial charge in [0.15, 0.2) is 0 Å². The zero-order chi connectivity index (χ0) is 18.1. The van der Waals surface area contributed by atoms with Gasteiger partial charge in [-0.1, -0.05) is 0 Å². The molecule has 1 aromatic carbocycles. The highest BCUT2D eigenvalue weighted by molar-refractivity contribution is 6.21. The fourth-order valence-corrected chi connectivity index (χ4v) is 3.43. The van der Waals surface area contributed by atoms with E-state index in [1.165, 1.54) is 19.2 Å². The van der Waals surface area contributed by atoms with Crippen LogP contribution in [0.4, 0.5) is 0 Å². The van der Waals surface area contributed by atoms with Crippen molar-refractivity contribution in [2.75, 3.05) is 20.1 Å². The number of carboxylic acid groups (broad SMARTS) is 1. The number of hydrogen-bond acceptors (Lipinski definition) is 4. The summed E-state index contributed by atoms with van der Waals surface area (Å²) in [6.45, 7) is 1.15. The molecule has 25 heavy (non-hydrogen) atoms. The van der Waals surface area contributed by atoms with Gasteiger partial charge < -0.3 is 10.0 Å². The number of imide groups is 1. The number of rotatable bonds is 4. The maximum absolute atomic E-state index is 12.7. The molecule has 0 spiro atoms. The lowest BCUT2D eigenvalue weighted by molar-refractivity contribution is -0.137. The van der Waals surface area contributed by atoms with Gasteiger partial charge in [0, 0.05) is 32.1 Å². The van der Waals surface area contributed by atoms with Crippen LogP contribution in [-0.4, -0.2) is 58.7 Å². The maximum atomic E-state index is 12.7. The van der Waals surface area contributed by atoms with Crippen molar-refractivity contribution in [1.29, 1.82) is 0 Å². The molecule has 0 bridgehead atoms. The van der Waals surface area contributed by atoms with Crippen LogP contribution in [-0.2, 0) is 4.79 Å². The smallest absolute Gasteiger partial charge is 0.303 e. The van der Waals surface area contributed by atoms with E-state index in [4.69, 9.17) is 5.11 Å². The van der Waals surface area contributed by atoms with Crippen molar-refractivity contribution in [3.05, 3.63) is 34.9 Å². The van der Waals surface area contributed by atoms with Crippen LogP contribution in [0.3, 0.4) is 0 Å². The summed E-state index contributed by atoms with van der Waals surface area (Å²) in [7, 11) is 1.42. The molecule has 1 saturated heterocycles. The van der Waals surface area contributed by atoms with Gasteiger partial charge in [-0.15, -0.1) is 0 Å². The van der Waals surface area contributed by atoms with Crippen LogP contribution in [0, 0.1) is 5.92 Å². The summed E-state index contributed by atoms with van der Waals surface area (Å²) in [6, 6.07) is 4.62. The SMILES string of the molecule is CN1C(=O)c2ccc(C(=O)N3CCC(CCC(=O)O)CC3)cc2C1=O. The Labute approximate surface area is 145 Å². The zero-order valence-electron chi connectivity index (χ0n) is 14.0. The van der Waals surface area contributed by atoms with Crippen molar-refractivity contribution < 1.29 is 24.3 Å². The Balaban J connectivity index is 1.66. The largest absolute Gasteiger partial charge is 0.481 e. The Morgan fingerprint density at radius 1 is 1.12 bits per heavy atom. The first kappa shape index (κ1) is 17.1. The summed E-state index contributed by atoms with van der Waals surface area (Å²) in [6.07, 6.45) is 2.36. The van der Waals surface area contributed by atoms with E-state index in [1.54, 1.807) is 11.0 Å². The van der Waals surface area contributed by atoms with Crippen molar-refractivity contribution in [2.24, 2.45) is 5.92 Å². The molecule has 2 aliphatic heterocycles. The number of amides is 3. The molecule has 0 aliphatic carbocycles. The predicted octanol–water partition coefficient (Wildman–Crippen LogP) is 1.63. The van der Waals surface area contributed by atoms with Gasteiger partial charge in [-0.25, -0.2) is 0 Å². The highest BCUT2D eigenvalue weighted by Crippen LogP contribution is 2.26. The second kappa shape index (κ2) is 6.66. The minimum Gasteiger partial charge on any atom is -0.481 e. The third kappa shape index (κ3) is 3.26. The Morgan fingerprint density at radius 2 is 1.76 bits per heavy atom. The number of piperidine rings is 1. The molecule has 3 rings (SSSR count). The molecule has 0 atom stereocenters. The van der Waals surface area contributed by atoms with Gasteiger partial charge in [0.05, 0.1) is 11.1 Å². The Hall–Kier alpha value is -2.70. The lowest BCUT2D eigenvalue weighted by Crippen LogP contribution is -2.38. The monoisotopic (exact) mass is 344 g/mol. The minimum absolute atomic E-state index is 0.158. The molecular weight excluding hydrogens is 324 g/mol. The van der Waals surface area contributed by atoms with Crippen LogP contribution >= 0.6 is 0 Å². The quantitative estimate of drug-likeness (QED) is 0.838. The van der Waals surface area contributed by atoms with E-state index < -0.39 is 5.97 Å². The van der Waals surface area contributed by atoms with Gasteiger partial charge in [-0.3, -0.25) is 24.1 Å². The van der Waals surface area contributed by atoms with Gasteiger partial charge in [-0.05, 0) is 43.4 Å². The number of benzene rings is 1. The van der Waals surface area contributed by atoms with Crippen LogP contribution in [0.15, 0.2) is 18.2 Å². The molecule has 1 aromatic rings. The molecule has 1 N–H and O–H groups in total. The van der Waals surface area contributed by atoms with E-state index in [0.29, 0.717) is 36.6 Å². The molecule has 132 valence electrons. The van der Waals surface area contributed by atoms with E-state index >= 15 is 0 Å². The van der Waals surface area contributed by atoms with Gasteiger partial charge >= 0.3 is 5.97 Å². The standard InChI is InChI=1S/C18H20N2O5/c1-19-17(24)13-4-3-12(10-14(13)18(19)25)16(23)20-8-6-11(7-9-20)2-5-15(21)22/h3-4,10-11H,2,5-9H2,1H3,(H,21,22). The van der Waals surface area contributed by atoms with E-state index in [0.717, 1.165) is 17.7 Å². The van der Waals surface area contributed by atoms with E-state index in [1.807, 2.05) is 0 Å².